The second kappa shape index (κ2) is 8.03. The summed E-state index contributed by atoms with van der Waals surface area (Å²) in [5.41, 5.74) is 1.43. The molecule has 2 aromatic heterocycles. The second-order valence-electron chi connectivity index (χ2n) is 7.52. The average Bonchev–Trinajstić information content (AvgIpc) is 3.19. The first kappa shape index (κ1) is 21.2. The molecule has 0 aliphatic carbocycles. The summed E-state index contributed by atoms with van der Waals surface area (Å²) in [7, 11) is 0. The number of aromatic amines is 2. The van der Waals surface area contributed by atoms with Gasteiger partial charge in [-0.25, -0.2) is 28.0 Å². The Balaban J connectivity index is 1.56. The lowest BCUT2D eigenvalue weighted by atomic mass is 9.98. The first-order valence-electron chi connectivity index (χ1n) is 9.94. The molecule has 1 amide bonds. The van der Waals surface area contributed by atoms with Crippen molar-refractivity contribution >= 4 is 33.8 Å². The maximum atomic E-state index is 14.7. The number of hydrogen-bond donors (Lipinski definition) is 4. The molecule has 11 heteroatoms. The number of hydrogen-bond acceptors (Lipinski definition) is 4. The SMILES string of the molecule is O=C(O)Nc1nc2cc(-c3cc(Cc4n[nH]c(=O)c5c(F)ccc(F)c45)ccc3F)ccc2[nH]1. The lowest BCUT2D eigenvalue weighted by Gasteiger charge is -2.09. The van der Waals surface area contributed by atoms with Crippen LogP contribution in [0.15, 0.2) is 53.3 Å². The highest BCUT2D eigenvalue weighted by Crippen LogP contribution is 2.29. The smallest absolute Gasteiger partial charge is 0.411 e. The Bertz CT molecular complexity index is 1660. The van der Waals surface area contributed by atoms with Gasteiger partial charge in [-0.1, -0.05) is 12.1 Å². The van der Waals surface area contributed by atoms with Gasteiger partial charge in [-0.15, -0.1) is 0 Å². The Kier molecular flexibility index (Phi) is 5.01. The number of nitrogens with zero attached hydrogens (tertiary/aromatic N) is 2. The summed E-state index contributed by atoms with van der Waals surface area (Å²) in [5, 5.41) is 16.4. The molecule has 0 radical (unpaired) electrons. The summed E-state index contributed by atoms with van der Waals surface area (Å²) >= 11 is 0. The van der Waals surface area contributed by atoms with E-state index in [1.54, 1.807) is 18.2 Å². The van der Waals surface area contributed by atoms with Crippen molar-refractivity contribution < 1.29 is 23.1 Å². The van der Waals surface area contributed by atoms with Crippen molar-refractivity contribution in [1.29, 1.82) is 0 Å². The molecule has 0 saturated carbocycles. The molecule has 170 valence electrons. The van der Waals surface area contributed by atoms with Gasteiger partial charge in [0.05, 0.1) is 22.1 Å². The highest BCUT2D eigenvalue weighted by atomic mass is 19.1. The number of imidazole rings is 1. The van der Waals surface area contributed by atoms with Gasteiger partial charge in [-0.3, -0.25) is 10.1 Å². The Morgan fingerprint density at radius 1 is 0.971 bits per heavy atom. The van der Waals surface area contributed by atoms with E-state index in [-0.39, 0.29) is 29.0 Å². The Morgan fingerprint density at radius 3 is 2.47 bits per heavy atom. The molecule has 0 saturated heterocycles. The van der Waals surface area contributed by atoms with Crippen molar-refractivity contribution in [2.45, 2.75) is 6.42 Å². The largest absolute Gasteiger partial charge is 0.465 e. The van der Waals surface area contributed by atoms with E-state index in [1.165, 1.54) is 18.2 Å². The summed E-state index contributed by atoms with van der Waals surface area (Å²) in [6, 6.07) is 10.9. The van der Waals surface area contributed by atoms with Gasteiger partial charge in [0.25, 0.3) is 5.56 Å². The minimum Gasteiger partial charge on any atom is -0.465 e. The first-order valence-corrected chi connectivity index (χ1v) is 9.94. The van der Waals surface area contributed by atoms with Crippen molar-refractivity contribution in [3.63, 3.8) is 0 Å². The number of H-pyrrole nitrogens is 2. The van der Waals surface area contributed by atoms with Crippen LogP contribution in [0.4, 0.5) is 23.9 Å². The minimum absolute atomic E-state index is 0.00172. The van der Waals surface area contributed by atoms with E-state index < -0.39 is 34.5 Å². The second-order valence-corrected chi connectivity index (χ2v) is 7.52. The van der Waals surface area contributed by atoms with Crippen LogP contribution in [0.3, 0.4) is 0 Å². The molecule has 0 bridgehead atoms. The fraction of sp³-hybridized carbons (Fsp3) is 0.0435. The maximum absolute atomic E-state index is 14.7. The molecule has 3 aromatic carbocycles. The lowest BCUT2D eigenvalue weighted by Crippen LogP contribution is -2.14. The van der Waals surface area contributed by atoms with Crippen LogP contribution in [-0.4, -0.2) is 31.4 Å². The van der Waals surface area contributed by atoms with Gasteiger partial charge in [-0.05, 0) is 47.5 Å². The van der Waals surface area contributed by atoms with Crippen molar-refractivity contribution in [3.8, 4) is 11.1 Å². The van der Waals surface area contributed by atoms with Crippen LogP contribution >= 0.6 is 0 Å². The third-order valence-corrected chi connectivity index (χ3v) is 5.33. The number of carboxylic acid groups (broad SMARTS) is 1. The molecule has 8 nitrogen and oxygen atoms in total. The normalized spacial score (nSPS) is 11.3. The van der Waals surface area contributed by atoms with Crippen LogP contribution in [0, 0.1) is 17.5 Å². The van der Waals surface area contributed by atoms with Gasteiger partial charge in [0.15, 0.2) is 0 Å². The standard InChI is InChI=1S/C23H14F3N5O3/c24-13-3-1-10(8-18-19-14(25)4-5-15(26)20(19)21(32)31-30-18)7-12(13)11-2-6-16-17(9-11)28-22(27-16)29-23(33)34/h1-7,9H,8H2,(H,31,32)(H,33,34)(H2,27,28,29). The lowest BCUT2D eigenvalue weighted by molar-refractivity contribution is 0.209. The molecular formula is C23H14F3N5O3. The number of aromatic nitrogens is 4. The monoisotopic (exact) mass is 465 g/mol. The zero-order valence-electron chi connectivity index (χ0n) is 17.1. The number of rotatable bonds is 4. The van der Waals surface area contributed by atoms with Gasteiger partial charge in [0.2, 0.25) is 5.95 Å². The third kappa shape index (κ3) is 3.72. The van der Waals surface area contributed by atoms with E-state index in [2.05, 4.69) is 25.5 Å². The summed E-state index contributed by atoms with van der Waals surface area (Å²) in [6.45, 7) is 0. The Morgan fingerprint density at radius 2 is 1.71 bits per heavy atom. The fourth-order valence-electron chi connectivity index (χ4n) is 3.84. The van der Waals surface area contributed by atoms with E-state index in [0.717, 1.165) is 12.1 Å². The zero-order valence-corrected chi connectivity index (χ0v) is 17.1. The van der Waals surface area contributed by atoms with E-state index in [4.69, 9.17) is 5.11 Å². The summed E-state index contributed by atoms with van der Waals surface area (Å²) in [4.78, 5) is 29.7. The van der Waals surface area contributed by atoms with E-state index in [9.17, 15) is 22.8 Å². The van der Waals surface area contributed by atoms with Crippen molar-refractivity contribution in [3.05, 3.63) is 87.6 Å². The van der Waals surface area contributed by atoms with Crippen LogP contribution in [0.25, 0.3) is 32.9 Å². The average molecular weight is 465 g/mol. The Labute approximate surface area is 188 Å². The molecule has 5 aromatic rings. The van der Waals surface area contributed by atoms with Gasteiger partial charge in [0.1, 0.15) is 17.5 Å². The molecule has 2 heterocycles. The van der Waals surface area contributed by atoms with Crippen LogP contribution < -0.4 is 10.9 Å². The molecule has 0 aliphatic rings. The number of anilines is 1. The molecular weight excluding hydrogens is 451 g/mol. The van der Waals surface area contributed by atoms with Crippen LogP contribution in [0.5, 0.6) is 0 Å². The molecule has 4 N–H and O–H groups in total. The van der Waals surface area contributed by atoms with E-state index in [1.807, 2.05) is 0 Å². The molecule has 34 heavy (non-hydrogen) atoms. The van der Waals surface area contributed by atoms with Gasteiger partial charge >= 0.3 is 6.09 Å². The highest BCUT2D eigenvalue weighted by molar-refractivity contribution is 5.88. The third-order valence-electron chi connectivity index (χ3n) is 5.33. The quantitative estimate of drug-likeness (QED) is 0.310. The maximum Gasteiger partial charge on any atom is 0.411 e. The number of amides is 1. The number of carbonyl (C=O) groups is 1. The number of benzene rings is 3. The van der Waals surface area contributed by atoms with Gasteiger partial charge in [-0.2, -0.15) is 5.10 Å². The van der Waals surface area contributed by atoms with Gasteiger partial charge < -0.3 is 10.1 Å². The summed E-state index contributed by atoms with van der Waals surface area (Å²) < 4.78 is 43.4. The number of nitrogens with one attached hydrogen (secondary N) is 3. The fourth-order valence-corrected chi connectivity index (χ4v) is 3.84. The summed E-state index contributed by atoms with van der Waals surface area (Å²) in [5.74, 6) is -2.16. The predicted octanol–water partition coefficient (Wildman–Crippen LogP) is 4.56. The van der Waals surface area contributed by atoms with Crippen molar-refractivity contribution in [2.75, 3.05) is 5.32 Å². The topological polar surface area (TPSA) is 124 Å². The highest BCUT2D eigenvalue weighted by Gasteiger charge is 2.17. The van der Waals surface area contributed by atoms with Crippen LogP contribution in [0.1, 0.15) is 11.3 Å². The zero-order chi connectivity index (χ0) is 24.0. The molecule has 5 rings (SSSR count). The molecule has 0 atom stereocenters. The van der Waals surface area contributed by atoms with E-state index >= 15 is 0 Å². The molecule has 0 unspecified atom stereocenters. The van der Waals surface area contributed by atoms with Gasteiger partial charge in [0, 0.05) is 17.4 Å². The number of halogens is 3. The Hall–Kier alpha value is -4.67. The molecule has 0 fully saturated rings. The first-order chi connectivity index (χ1) is 16.3. The minimum atomic E-state index is -1.28. The van der Waals surface area contributed by atoms with Crippen molar-refractivity contribution in [2.24, 2.45) is 0 Å². The molecule has 0 aliphatic heterocycles. The van der Waals surface area contributed by atoms with E-state index in [0.29, 0.717) is 22.2 Å². The number of fused-ring (bicyclic) bond motifs is 2. The predicted molar refractivity (Wildman–Crippen MR) is 118 cm³/mol. The molecule has 0 spiro atoms. The van der Waals surface area contributed by atoms with Crippen LogP contribution in [0.2, 0.25) is 0 Å². The van der Waals surface area contributed by atoms with Crippen LogP contribution in [-0.2, 0) is 6.42 Å². The summed E-state index contributed by atoms with van der Waals surface area (Å²) in [6.07, 6.45) is -1.28. The van der Waals surface area contributed by atoms with Crippen molar-refractivity contribution in [1.82, 2.24) is 20.2 Å².